The Hall–Kier alpha value is -2.66. The van der Waals surface area contributed by atoms with Gasteiger partial charge in [0.05, 0.1) is 18.8 Å². The molecule has 132 valence electrons. The van der Waals surface area contributed by atoms with Gasteiger partial charge in [-0.1, -0.05) is 36.4 Å². The third-order valence-corrected chi connectivity index (χ3v) is 3.71. The van der Waals surface area contributed by atoms with Crippen molar-refractivity contribution in [1.82, 2.24) is 0 Å². The highest BCUT2D eigenvalue weighted by Gasteiger charge is 2.14. The lowest BCUT2D eigenvalue weighted by molar-refractivity contribution is -0.142. The maximum Gasteiger partial charge on any atom is 0.338 e. The first-order chi connectivity index (χ1) is 11.9. The van der Waals surface area contributed by atoms with Crippen molar-refractivity contribution in [3.63, 3.8) is 0 Å². The van der Waals surface area contributed by atoms with E-state index in [-0.39, 0.29) is 12.1 Å². The van der Waals surface area contributed by atoms with Crippen molar-refractivity contribution in [1.29, 1.82) is 0 Å². The molecule has 5 heteroatoms. The third kappa shape index (κ3) is 5.16. The normalized spacial score (nSPS) is 11.9. The molecular formula is C20H23NO4. The molecule has 2 aromatic rings. The molecule has 1 unspecified atom stereocenters. The maximum absolute atomic E-state index is 11.9. The van der Waals surface area contributed by atoms with E-state index >= 15 is 0 Å². The van der Waals surface area contributed by atoms with Crippen molar-refractivity contribution in [3.05, 3.63) is 59.7 Å². The summed E-state index contributed by atoms with van der Waals surface area (Å²) in [5.74, 6) is -0.748. The molecule has 2 N–H and O–H groups in total. The summed E-state index contributed by atoms with van der Waals surface area (Å²) in [5, 5.41) is 0. The van der Waals surface area contributed by atoms with E-state index in [4.69, 9.17) is 10.5 Å². The first-order valence-corrected chi connectivity index (χ1v) is 8.14. The highest BCUT2D eigenvalue weighted by Crippen LogP contribution is 2.21. The summed E-state index contributed by atoms with van der Waals surface area (Å²) in [6, 6.07) is 14.4. The van der Waals surface area contributed by atoms with E-state index in [9.17, 15) is 9.59 Å². The van der Waals surface area contributed by atoms with Crippen LogP contribution in [0.3, 0.4) is 0 Å². The smallest absolute Gasteiger partial charge is 0.338 e. The lowest BCUT2D eigenvalue weighted by Gasteiger charge is -2.10. The largest absolute Gasteiger partial charge is 0.468 e. The lowest BCUT2D eigenvalue weighted by Crippen LogP contribution is -2.33. The molecule has 0 aliphatic heterocycles. The van der Waals surface area contributed by atoms with Crippen molar-refractivity contribution in [2.45, 2.75) is 32.4 Å². The van der Waals surface area contributed by atoms with Gasteiger partial charge in [0.1, 0.15) is 6.04 Å². The lowest BCUT2D eigenvalue weighted by atomic mass is 10.00. The van der Waals surface area contributed by atoms with Gasteiger partial charge in [0, 0.05) is 0 Å². The maximum atomic E-state index is 11.9. The summed E-state index contributed by atoms with van der Waals surface area (Å²) in [6.45, 7) is 3.64. The van der Waals surface area contributed by atoms with Gasteiger partial charge >= 0.3 is 11.9 Å². The van der Waals surface area contributed by atoms with E-state index < -0.39 is 12.0 Å². The number of carbonyl (C=O) groups excluding carboxylic acids is 2. The van der Waals surface area contributed by atoms with Crippen LogP contribution >= 0.6 is 0 Å². The number of hydrogen-bond donors (Lipinski definition) is 1. The van der Waals surface area contributed by atoms with Crippen LogP contribution in [0.1, 0.15) is 29.8 Å². The molecule has 0 fully saturated rings. The molecular weight excluding hydrogens is 318 g/mol. The molecule has 0 aliphatic carbocycles. The molecule has 1 atom stereocenters. The van der Waals surface area contributed by atoms with Gasteiger partial charge in [0.15, 0.2) is 0 Å². The van der Waals surface area contributed by atoms with Gasteiger partial charge < -0.3 is 15.2 Å². The van der Waals surface area contributed by atoms with E-state index in [0.717, 1.165) is 16.7 Å². The average molecular weight is 341 g/mol. The van der Waals surface area contributed by atoms with Crippen LogP contribution in [0, 0.1) is 0 Å². The van der Waals surface area contributed by atoms with Crippen LogP contribution in [-0.2, 0) is 20.7 Å². The summed E-state index contributed by atoms with van der Waals surface area (Å²) < 4.78 is 9.80. The second-order valence-corrected chi connectivity index (χ2v) is 6.06. The van der Waals surface area contributed by atoms with Gasteiger partial charge in [-0.05, 0) is 49.1 Å². The number of carbonyl (C=O) groups is 2. The molecule has 0 spiro atoms. The van der Waals surface area contributed by atoms with Crippen molar-refractivity contribution in [2.75, 3.05) is 7.11 Å². The molecule has 0 amide bonds. The predicted molar refractivity (Wildman–Crippen MR) is 96.1 cm³/mol. The molecule has 0 radical (unpaired) electrons. The molecule has 5 nitrogen and oxygen atoms in total. The van der Waals surface area contributed by atoms with Gasteiger partial charge in [-0.15, -0.1) is 0 Å². The van der Waals surface area contributed by atoms with E-state index in [2.05, 4.69) is 4.74 Å². The topological polar surface area (TPSA) is 78.6 Å². The summed E-state index contributed by atoms with van der Waals surface area (Å²) >= 11 is 0. The standard InChI is InChI=1S/C20H23NO4/c1-13(2)25-19(22)17-10-8-16(9-11-17)15-6-4-14(5-7-15)12-18(21)20(23)24-3/h4-11,13,18H,12,21H2,1-3H3. The molecule has 2 rings (SSSR count). The Bertz CT molecular complexity index is 720. The molecule has 2 aromatic carbocycles. The SMILES string of the molecule is COC(=O)C(N)Cc1ccc(-c2ccc(C(=O)OC(C)C)cc2)cc1. The van der Waals surface area contributed by atoms with Gasteiger partial charge in [-0.3, -0.25) is 4.79 Å². The molecule has 0 saturated heterocycles. The Kier molecular flexibility index (Phi) is 6.31. The van der Waals surface area contributed by atoms with E-state index in [1.807, 2.05) is 50.2 Å². The number of benzene rings is 2. The Morgan fingerprint density at radius 3 is 1.96 bits per heavy atom. The van der Waals surface area contributed by atoms with Gasteiger partial charge in [0.2, 0.25) is 0 Å². The second-order valence-electron chi connectivity index (χ2n) is 6.06. The summed E-state index contributed by atoms with van der Waals surface area (Å²) in [6.07, 6.45) is 0.281. The summed E-state index contributed by atoms with van der Waals surface area (Å²) in [5.41, 5.74) is 9.26. The van der Waals surface area contributed by atoms with Crippen LogP contribution in [0.5, 0.6) is 0 Å². The van der Waals surface area contributed by atoms with Crippen LogP contribution in [-0.4, -0.2) is 31.2 Å². The molecule has 0 heterocycles. The van der Waals surface area contributed by atoms with Crippen molar-refractivity contribution >= 4 is 11.9 Å². The minimum Gasteiger partial charge on any atom is -0.468 e. The minimum atomic E-state index is -0.665. The second kappa shape index (κ2) is 8.44. The average Bonchev–Trinajstić information content (AvgIpc) is 2.61. The van der Waals surface area contributed by atoms with Gasteiger partial charge in [-0.2, -0.15) is 0 Å². The number of hydrogen-bond acceptors (Lipinski definition) is 5. The fourth-order valence-electron chi connectivity index (χ4n) is 2.40. The Balaban J connectivity index is 2.07. The van der Waals surface area contributed by atoms with Gasteiger partial charge in [-0.25, -0.2) is 4.79 Å². The van der Waals surface area contributed by atoms with E-state index in [1.165, 1.54) is 7.11 Å². The number of esters is 2. The Morgan fingerprint density at radius 1 is 0.960 bits per heavy atom. The first-order valence-electron chi connectivity index (χ1n) is 8.14. The van der Waals surface area contributed by atoms with Crippen molar-refractivity contribution in [2.24, 2.45) is 5.73 Å². The van der Waals surface area contributed by atoms with Crippen molar-refractivity contribution in [3.8, 4) is 11.1 Å². The highest BCUT2D eigenvalue weighted by atomic mass is 16.5. The third-order valence-electron chi connectivity index (χ3n) is 3.71. The fraction of sp³-hybridized carbons (Fsp3) is 0.300. The molecule has 0 bridgehead atoms. The molecule has 0 aromatic heterocycles. The van der Waals surface area contributed by atoms with E-state index in [1.54, 1.807) is 12.1 Å². The van der Waals surface area contributed by atoms with Gasteiger partial charge in [0.25, 0.3) is 0 Å². The zero-order valence-corrected chi connectivity index (χ0v) is 14.7. The van der Waals surface area contributed by atoms with Crippen LogP contribution in [0.15, 0.2) is 48.5 Å². The quantitative estimate of drug-likeness (QED) is 0.817. The van der Waals surface area contributed by atoms with Crippen LogP contribution in [0.25, 0.3) is 11.1 Å². The monoisotopic (exact) mass is 341 g/mol. The number of rotatable bonds is 6. The van der Waals surface area contributed by atoms with Crippen LogP contribution < -0.4 is 5.73 Å². The predicted octanol–water partition coefficient (Wildman–Crippen LogP) is 2.96. The zero-order chi connectivity index (χ0) is 18.4. The highest BCUT2D eigenvalue weighted by molar-refractivity contribution is 5.90. The summed E-state index contributed by atoms with van der Waals surface area (Å²) in [4.78, 5) is 23.2. The minimum absolute atomic E-state index is 0.143. The zero-order valence-electron chi connectivity index (χ0n) is 14.7. The van der Waals surface area contributed by atoms with Crippen molar-refractivity contribution < 1.29 is 19.1 Å². The Morgan fingerprint density at radius 2 is 1.48 bits per heavy atom. The number of ether oxygens (including phenoxy) is 2. The first kappa shape index (κ1) is 18.7. The summed E-state index contributed by atoms with van der Waals surface area (Å²) in [7, 11) is 1.33. The molecule has 0 aliphatic rings. The Labute approximate surface area is 147 Å². The number of nitrogens with two attached hydrogens (primary N) is 1. The van der Waals surface area contributed by atoms with Crippen LogP contribution in [0.4, 0.5) is 0 Å². The van der Waals surface area contributed by atoms with Crippen LogP contribution in [0.2, 0.25) is 0 Å². The molecule has 0 saturated carbocycles. The fourth-order valence-corrected chi connectivity index (χ4v) is 2.40. The van der Waals surface area contributed by atoms with E-state index in [0.29, 0.717) is 12.0 Å². The number of methoxy groups -OCH3 is 1. The molecule has 25 heavy (non-hydrogen) atoms.